The maximum absolute atomic E-state index is 13.3. The third-order valence-electron chi connectivity index (χ3n) is 3.02. The van der Waals surface area contributed by atoms with Gasteiger partial charge >= 0.3 is 12.2 Å². The van der Waals surface area contributed by atoms with E-state index in [1.165, 1.54) is 4.90 Å². The molecule has 0 saturated carbocycles. The molecule has 2 rings (SSSR count). The number of anilines is 2. The van der Waals surface area contributed by atoms with E-state index in [9.17, 15) is 13.2 Å². The van der Waals surface area contributed by atoms with Crippen LogP contribution in [0.4, 0.5) is 24.7 Å². The first-order valence-corrected chi connectivity index (χ1v) is 7.97. The van der Waals surface area contributed by atoms with Crippen LogP contribution in [0.5, 0.6) is 6.01 Å². The van der Waals surface area contributed by atoms with Gasteiger partial charge in [0.25, 0.3) is 0 Å². The van der Waals surface area contributed by atoms with E-state index in [4.69, 9.17) is 4.74 Å². The number of ether oxygens (including phenoxy) is 1. The lowest BCUT2D eigenvalue weighted by atomic mass is 10.2. The maximum Gasteiger partial charge on any atom is 0.421 e. The molecule has 0 aliphatic carbocycles. The monoisotopic (exact) mass is 437 g/mol. The van der Waals surface area contributed by atoms with Crippen molar-refractivity contribution in [2.75, 3.05) is 18.6 Å². The molecule has 0 atom stereocenters. The van der Waals surface area contributed by atoms with Crippen LogP contribution >= 0.6 is 22.6 Å². The molecule has 1 aromatic carbocycles. The zero-order valence-electron chi connectivity index (χ0n) is 12.6. The molecule has 2 aromatic rings. The van der Waals surface area contributed by atoms with Gasteiger partial charge in [-0.25, -0.2) is 4.98 Å². The molecular formula is C15H15F3IN3O. The molecule has 23 heavy (non-hydrogen) atoms. The summed E-state index contributed by atoms with van der Waals surface area (Å²) in [5.41, 5.74) is -0.276. The normalized spacial score (nSPS) is 11.4. The molecule has 4 nitrogen and oxygen atoms in total. The van der Waals surface area contributed by atoms with Gasteiger partial charge in [-0.3, -0.25) is 0 Å². The van der Waals surface area contributed by atoms with Gasteiger partial charge in [0.1, 0.15) is 5.56 Å². The van der Waals surface area contributed by atoms with Crippen molar-refractivity contribution in [2.45, 2.75) is 19.5 Å². The summed E-state index contributed by atoms with van der Waals surface area (Å²) in [6.07, 6.45) is -3.07. The molecule has 0 fully saturated rings. The summed E-state index contributed by atoms with van der Waals surface area (Å²) in [6, 6.07) is 7.07. The number of nitrogens with zero attached hydrogens (tertiary/aromatic N) is 3. The highest BCUT2D eigenvalue weighted by atomic mass is 127. The predicted molar refractivity (Wildman–Crippen MR) is 90.0 cm³/mol. The van der Waals surface area contributed by atoms with Gasteiger partial charge in [-0.15, -0.1) is 0 Å². The predicted octanol–water partition coefficient (Wildman–Crippen LogP) is 4.66. The molecule has 0 amide bonds. The molecular weight excluding hydrogens is 422 g/mol. The molecule has 0 N–H and O–H groups in total. The molecule has 0 aliphatic rings. The Morgan fingerprint density at radius 1 is 1.26 bits per heavy atom. The highest BCUT2D eigenvalue weighted by molar-refractivity contribution is 14.1. The largest absolute Gasteiger partial charge is 0.463 e. The molecule has 0 saturated heterocycles. The first-order chi connectivity index (χ1) is 10.8. The van der Waals surface area contributed by atoms with E-state index in [-0.39, 0.29) is 11.8 Å². The van der Waals surface area contributed by atoms with Gasteiger partial charge in [0.15, 0.2) is 5.82 Å². The average molecular weight is 437 g/mol. The zero-order chi connectivity index (χ0) is 17.0. The Bertz CT molecular complexity index is 679. The van der Waals surface area contributed by atoms with Crippen LogP contribution in [0.1, 0.15) is 18.9 Å². The van der Waals surface area contributed by atoms with Crippen LogP contribution in [0.3, 0.4) is 0 Å². The summed E-state index contributed by atoms with van der Waals surface area (Å²) in [5.74, 6) is -0.234. The Labute approximate surface area is 145 Å². The van der Waals surface area contributed by atoms with E-state index >= 15 is 0 Å². The van der Waals surface area contributed by atoms with Crippen molar-refractivity contribution in [1.29, 1.82) is 0 Å². The highest BCUT2D eigenvalue weighted by Crippen LogP contribution is 2.38. The summed E-state index contributed by atoms with van der Waals surface area (Å²) in [4.78, 5) is 9.02. The van der Waals surface area contributed by atoms with Crippen molar-refractivity contribution in [3.63, 3.8) is 0 Å². The van der Waals surface area contributed by atoms with Crippen LogP contribution in [0.25, 0.3) is 0 Å². The number of hydrogen-bond acceptors (Lipinski definition) is 4. The van der Waals surface area contributed by atoms with Gasteiger partial charge in [-0.2, -0.15) is 18.2 Å². The number of hydrogen-bond donors (Lipinski definition) is 0. The van der Waals surface area contributed by atoms with Crippen molar-refractivity contribution in [3.8, 4) is 6.01 Å². The molecule has 8 heteroatoms. The average Bonchev–Trinajstić information content (AvgIpc) is 2.51. The van der Waals surface area contributed by atoms with Crippen molar-refractivity contribution >= 4 is 34.1 Å². The van der Waals surface area contributed by atoms with Gasteiger partial charge < -0.3 is 9.64 Å². The molecule has 0 unspecified atom stereocenters. The number of benzene rings is 1. The second kappa shape index (κ2) is 7.33. The summed E-state index contributed by atoms with van der Waals surface area (Å²) in [7, 11) is 1.54. The van der Waals surface area contributed by atoms with Gasteiger partial charge in [-0.05, 0) is 41.1 Å². The van der Waals surface area contributed by atoms with Gasteiger partial charge in [0.05, 0.1) is 12.3 Å². The number of aromatic nitrogens is 2. The van der Waals surface area contributed by atoms with Crippen LogP contribution in [-0.4, -0.2) is 23.6 Å². The van der Waals surface area contributed by atoms with Crippen molar-refractivity contribution in [2.24, 2.45) is 0 Å². The maximum atomic E-state index is 13.3. The van der Waals surface area contributed by atoms with E-state index < -0.39 is 11.7 Å². The first-order valence-electron chi connectivity index (χ1n) is 6.90. The van der Waals surface area contributed by atoms with Crippen molar-refractivity contribution in [3.05, 3.63) is 39.6 Å². The van der Waals surface area contributed by atoms with Crippen LogP contribution in [0.15, 0.2) is 30.5 Å². The minimum atomic E-state index is -4.55. The molecule has 0 aliphatic heterocycles. The molecule has 1 aromatic heterocycles. The Balaban J connectivity index is 2.50. The van der Waals surface area contributed by atoms with Gasteiger partial charge in [0, 0.05) is 16.8 Å². The van der Waals surface area contributed by atoms with Crippen LogP contribution in [0.2, 0.25) is 0 Å². The minimum Gasteiger partial charge on any atom is -0.463 e. The molecule has 1 heterocycles. The molecule has 0 radical (unpaired) electrons. The van der Waals surface area contributed by atoms with Crippen LogP contribution < -0.4 is 9.64 Å². The fourth-order valence-electron chi connectivity index (χ4n) is 1.91. The number of halogens is 4. The van der Waals surface area contributed by atoms with E-state index in [0.29, 0.717) is 18.7 Å². The second-order valence-electron chi connectivity index (χ2n) is 4.75. The van der Waals surface area contributed by atoms with Crippen molar-refractivity contribution in [1.82, 2.24) is 9.97 Å². The fraction of sp³-hybridized carbons (Fsp3) is 0.333. The molecule has 124 valence electrons. The Hall–Kier alpha value is -1.58. The summed E-state index contributed by atoms with van der Waals surface area (Å²) >= 11 is 2.07. The lowest BCUT2D eigenvalue weighted by molar-refractivity contribution is -0.137. The third kappa shape index (κ3) is 4.24. The van der Waals surface area contributed by atoms with E-state index in [0.717, 1.165) is 9.77 Å². The number of para-hydroxylation sites is 1. The summed E-state index contributed by atoms with van der Waals surface area (Å²) in [5, 5.41) is 0. The topological polar surface area (TPSA) is 38.2 Å². The second-order valence-corrected chi connectivity index (χ2v) is 5.91. The SMILES string of the molecule is CCCOc1ncc(C(F)(F)F)c(N(C)c2ccccc2I)n1. The first kappa shape index (κ1) is 17.8. The van der Waals surface area contributed by atoms with Gasteiger partial charge in [-0.1, -0.05) is 19.1 Å². The Morgan fingerprint density at radius 2 is 1.96 bits per heavy atom. The van der Waals surface area contributed by atoms with Crippen molar-refractivity contribution < 1.29 is 17.9 Å². The lowest BCUT2D eigenvalue weighted by Gasteiger charge is -2.23. The smallest absolute Gasteiger partial charge is 0.421 e. The number of alkyl halides is 3. The highest BCUT2D eigenvalue weighted by Gasteiger charge is 2.37. The van der Waals surface area contributed by atoms with E-state index in [1.54, 1.807) is 19.2 Å². The minimum absolute atomic E-state index is 0.0624. The summed E-state index contributed by atoms with van der Waals surface area (Å²) in [6.45, 7) is 2.24. The molecule has 0 spiro atoms. The van der Waals surface area contributed by atoms with E-state index in [1.807, 2.05) is 19.1 Å². The Morgan fingerprint density at radius 3 is 2.57 bits per heavy atom. The Kier molecular flexibility index (Phi) is 5.66. The summed E-state index contributed by atoms with van der Waals surface area (Å²) < 4.78 is 45.9. The van der Waals surface area contributed by atoms with E-state index in [2.05, 4.69) is 32.6 Å². The quantitative estimate of drug-likeness (QED) is 0.639. The van der Waals surface area contributed by atoms with Crippen LogP contribution in [0, 0.1) is 3.57 Å². The molecule has 0 bridgehead atoms. The standard InChI is InChI=1S/C15H15F3IN3O/c1-3-8-23-14-20-9-10(15(16,17)18)13(21-14)22(2)12-7-5-4-6-11(12)19/h4-7,9H,3,8H2,1-2H3. The number of rotatable bonds is 5. The fourth-order valence-corrected chi connectivity index (χ4v) is 2.66. The lowest BCUT2D eigenvalue weighted by Crippen LogP contribution is -2.20. The zero-order valence-corrected chi connectivity index (χ0v) is 14.7. The van der Waals surface area contributed by atoms with Crippen LogP contribution in [-0.2, 0) is 6.18 Å². The third-order valence-corrected chi connectivity index (χ3v) is 3.93. The van der Waals surface area contributed by atoms with Gasteiger partial charge in [0.2, 0.25) is 0 Å².